The van der Waals surface area contributed by atoms with Crippen molar-refractivity contribution in [3.8, 4) is 0 Å². The first-order chi connectivity index (χ1) is 10.1. The van der Waals surface area contributed by atoms with Crippen molar-refractivity contribution < 1.29 is 14.5 Å². The van der Waals surface area contributed by atoms with E-state index in [2.05, 4.69) is 24.8 Å². The lowest BCUT2D eigenvalue weighted by atomic mass is 10.1. The highest BCUT2D eigenvalue weighted by Gasteiger charge is 2.22. The van der Waals surface area contributed by atoms with Gasteiger partial charge in [0.1, 0.15) is 0 Å². The summed E-state index contributed by atoms with van der Waals surface area (Å²) < 4.78 is 4.66. The lowest BCUT2D eigenvalue weighted by Crippen LogP contribution is -2.47. The van der Waals surface area contributed by atoms with E-state index in [1.165, 1.54) is 4.90 Å². The van der Waals surface area contributed by atoms with Gasteiger partial charge in [0.25, 0.3) is 0 Å². The van der Waals surface area contributed by atoms with Crippen molar-refractivity contribution in [2.45, 2.75) is 13.5 Å². The second-order valence-electron chi connectivity index (χ2n) is 5.07. The Morgan fingerprint density at radius 1 is 1.33 bits per heavy atom. The minimum atomic E-state index is -0.873. The molecular formula is C12H16N6O3. The monoisotopic (exact) mass is 292 g/mol. The van der Waals surface area contributed by atoms with Crippen LogP contribution < -0.4 is 5.73 Å². The van der Waals surface area contributed by atoms with Gasteiger partial charge in [-0.05, 0) is 17.2 Å². The normalized spacial score (nSPS) is 16.5. The van der Waals surface area contributed by atoms with E-state index in [1.807, 2.05) is 6.92 Å². The van der Waals surface area contributed by atoms with Crippen LogP contribution in [-0.4, -0.2) is 62.5 Å². The minimum Gasteiger partial charge on any atom is -0.465 e. The number of nitrogens with zero attached hydrogens (tertiary/aromatic N) is 5. The second kappa shape index (κ2) is 5.17. The zero-order valence-corrected chi connectivity index (χ0v) is 11.6. The molecular weight excluding hydrogens is 276 g/mol. The Balaban J connectivity index is 1.78. The van der Waals surface area contributed by atoms with Gasteiger partial charge in [0.2, 0.25) is 5.65 Å². The summed E-state index contributed by atoms with van der Waals surface area (Å²) in [7, 11) is 0. The SMILES string of the molecule is Cc1nc2nonc2c(N)c1CN1CCN(C(=O)O)CC1. The first-order valence-electron chi connectivity index (χ1n) is 6.63. The molecule has 0 unspecified atom stereocenters. The van der Waals surface area contributed by atoms with E-state index in [-0.39, 0.29) is 0 Å². The van der Waals surface area contributed by atoms with Crippen molar-refractivity contribution in [1.82, 2.24) is 25.1 Å². The van der Waals surface area contributed by atoms with Gasteiger partial charge in [0.15, 0.2) is 5.52 Å². The van der Waals surface area contributed by atoms with Gasteiger partial charge in [0.05, 0.1) is 5.69 Å². The van der Waals surface area contributed by atoms with Crippen molar-refractivity contribution in [3.05, 3.63) is 11.3 Å². The first-order valence-corrected chi connectivity index (χ1v) is 6.63. The Bertz CT molecular complexity index is 677. The number of pyridine rings is 1. The second-order valence-corrected chi connectivity index (χ2v) is 5.07. The molecule has 0 saturated carbocycles. The fraction of sp³-hybridized carbons (Fsp3) is 0.500. The molecule has 0 aliphatic carbocycles. The molecule has 2 aromatic heterocycles. The molecule has 1 amide bonds. The lowest BCUT2D eigenvalue weighted by Gasteiger charge is -2.33. The van der Waals surface area contributed by atoms with E-state index in [1.54, 1.807) is 0 Å². The van der Waals surface area contributed by atoms with Crippen LogP contribution in [-0.2, 0) is 6.54 Å². The Morgan fingerprint density at radius 3 is 2.71 bits per heavy atom. The molecule has 0 aromatic carbocycles. The number of carbonyl (C=O) groups is 1. The molecule has 9 nitrogen and oxygen atoms in total. The summed E-state index contributed by atoms with van der Waals surface area (Å²) in [6.07, 6.45) is -0.873. The van der Waals surface area contributed by atoms with Gasteiger partial charge in [-0.1, -0.05) is 0 Å². The summed E-state index contributed by atoms with van der Waals surface area (Å²) in [6.45, 7) is 4.81. The number of carboxylic acid groups (broad SMARTS) is 1. The van der Waals surface area contributed by atoms with Crippen LogP contribution >= 0.6 is 0 Å². The molecule has 0 spiro atoms. The number of amides is 1. The van der Waals surface area contributed by atoms with E-state index in [4.69, 9.17) is 10.8 Å². The predicted molar refractivity (Wildman–Crippen MR) is 73.6 cm³/mol. The molecule has 21 heavy (non-hydrogen) atoms. The maximum atomic E-state index is 10.9. The number of aryl methyl sites for hydroxylation is 1. The largest absolute Gasteiger partial charge is 0.465 e. The topological polar surface area (TPSA) is 122 Å². The third kappa shape index (κ3) is 2.47. The van der Waals surface area contributed by atoms with Crippen LogP contribution in [0.4, 0.5) is 10.5 Å². The highest BCUT2D eigenvalue weighted by atomic mass is 16.6. The third-order valence-electron chi connectivity index (χ3n) is 3.79. The number of anilines is 1. The lowest BCUT2D eigenvalue weighted by molar-refractivity contribution is 0.103. The number of hydrogen-bond acceptors (Lipinski definition) is 7. The number of nitrogen functional groups attached to an aromatic ring is 1. The molecule has 3 N–H and O–H groups in total. The van der Waals surface area contributed by atoms with Crippen LogP contribution in [0.15, 0.2) is 4.63 Å². The van der Waals surface area contributed by atoms with Crippen molar-refractivity contribution >= 4 is 22.9 Å². The van der Waals surface area contributed by atoms with Crippen molar-refractivity contribution in [1.29, 1.82) is 0 Å². The molecule has 1 aliphatic heterocycles. The molecule has 1 fully saturated rings. The summed E-state index contributed by atoms with van der Waals surface area (Å²) in [4.78, 5) is 18.8. The fourth-order valence-electron chi connectivity index (χ4n) is 2.51. The quantitative estimate of drug-likeness (QED) is 0.810. The molecule has 1 saturated heterocycles. The smallest absolute Gasteiger partial charge is 0.407 e. The standard InChI is InChI=1S/C12H16N6O3/c1-7-8(9(13)10-11(14-7)16-21-15-10)6-17-2-4-18(5-3-17)12(19)20/h2-6,13H2,1H3,(H,19,20). The molecule has 0 radical (unpaired) electrons. The van der Waals surface area contributed by atoms with E-state index < -0.39 is 6.09 Å². The van der Waals surface area contributed by atoms with Crippen LogP contribution in [0.25, 0.3) is 11.2 Å². The zero-order valence-electron chi connectivity index (χ0n) is 11.6. The molecule has 3 rings (SSSR count). The van der Waals surface area contributed by atoms with Crippen LogP contribution in [0.5, 0.6) is 0 Å². The van der Waals surface area contributed by atoms with E-state index in [0.29, 0.717) is 49.6 Å². The van der Waals surface area contributed by atoms with Gasteiger partial charge < -0.3 is 15.7 Å². The molecule has 3 heterocycles. The average Bonchev–Trinajstić information content (AvgIpc) is 2.92. The number of fused-ring (bicyclic) bond motifs is 1. The number of aromatic nitrogens is 3. The Hall–Kier alpha value is -2.42. The highest BCUT2D eigenvalue weighted by molar-refractivity contribution is 5.85. The summed E-state index contributed by atoms with van der Waals surface area (Å²) in [5, 5.41) is 16.4. The molecule has 9 heteroatoms. The Morgan fingerprint density at radius 2 is 2.05 bits per heavy atom. The summed E-state index contributed by atoms with van der Waals surface area (Å²) >= 11 is 0. The summed E-state index contributed by atoms with van der Waals surface area (Å²) in [6, 6.07) is 0. The zero-order chi connectivity index (χ0) is 15.0. The number of hydrogen-bond donors (Lipinski definition) is 2. The van der Waals surface area contributed by atoms with Gasteiger partial charge in [0, 0.05) is 44.0 Å². The third-order valence-corrected chi connectivity index (χ3v) is 3.79. The van der Waals surface area contributed by atoms with Gasteiger partial charge >= 0.3 is 6.09 Å². The van der Waals surface area contributed by atoms with Gasteiger partial charge in [-0.25, -0.2) is 14.4 Å². The van der Waals surface area contributed by atoms with Gasteiger partial charge in [-0.3, -0.25) is 4.90 Å². The van der Waals surface area contributed by atoms with Crippen molar-refractivity contribution in [3.63, 3.8) is 0 Å². The maximum absolute atomic E-state index is 10.9. The van der Waals surface area contributed by atoms with Crippen molar-refractivity contribution in [2.24, 2.45) is 0 Å². The highest BCUT2D eigenvalue weighted by Crippen LogP contribution is 2.24. The number of piperazine rings is 1. The maximum Gasteiger partial charge on any atom is 0.407 e. The predicted octanol–water partition coefficient (Wildman–Crippen LogP) is 0.304. The van der Waals surface area contributed by atoms with Gasteiger partial charge in [-0.15, -0.1) is 0 Å². The van der Waals surface area contributed by atoms with Crippen LogP contribution in [0.3, 0.4) is 0 Å². The van der Waals surface area contributed by atoms with E-state index in [9.17, 15) is 4.79 Å². The first kappa shape index (κ1) is 13.6. The van der Waals surface area contributed by atoms with Gasteiger partial charge in [-0.2, -0.15) is 0 Å². The number of rotatable bonds is 2. The summed E-state index contributed by atoms with van der Waals surface area (Å²) in [5.74, 6) is 0. The molecule has 112 valence electrons. The van der Waals surface area contributed by atoms with Crippen LogP contribution in [0.2, 0.25) is 0 Å². The fourth-order valence-corrected chi connectivity index (χ4v) is 2.51. The van der Waals surface area contributed by atoms with Crippen molar-refractivity contribution in [2.75, 3.05) is 31.9 Å². The van der Waals surface area contributed by atoms with E-state index in [0.717, 1.165) is 11.3 Å². The Kier molecular flexibility index (Phi) is 3.34. The molecule has 2 aromatic rings. The summed E-state index contributed by atoms with van der Waals surface area (Å²) in [5.41, 5.74) is 9.21. The number of nitrogens with two attached hydrogens (primary N) is 1. The minimum absolute atomic E-state index is 0.407. The molecule has 0 bridgehead atoms. The molecule has 1 aliphatic rings. The molecule has 0 atom stereocenters. The van der Waals surface area contributed by atoms with Crippen LogP contribution in [0.1, 0.15) is 11.3 Å². The van der Waals surface area contributed by atoms with E-state index >= 15 is 0 Å². The van der Waals surface area contributed by atoms with Crippen LogP contribution in [0, 0.1) is 6.92 Å². The average molecular weight is 292 g/mol. The Labute approximate surface area is 120 Å².